The van der Waals surface area contributed by atoms with Gasteiger partial charge in [0.2, 0.25) is 0 Å². The summed E-state index contributed by atoms with van der Waals surface area (Å²) >= 11 is 5.84. The Balaban J connectivity index is 1.84. The Morgan fingerprint density at radius 1 is 1.07 bits per heavy atom. The molecule has 0 aromatic heterocycles. The zero-order valence-corrected chi connectivity index (χ0v) is 16.2. The number of hydrogen-bond donors (Lipinski definition) is 2. The van der Waals surface area contributed by atoms with Crippen LogP contribution in [0, 0.1) is 11.8 Å². The van der Waals surface area contributed by atoms with Crippen molar-refractivity contribution >= 4 is 34.9 Å². The molecule has 2 aromatic rings. The molecular weight excluding hydrogens is 364 g/mol. The van der Waals surface area contributed by atoms with Gasteiger partial charge in [-0.2, -0.15) is 0 Å². The van der Waals surface area contributed by atoms with Crippen molar-refractivity contribution in [1.29, 1.82) is 0 Å². The van der Waals surface area contributed by atoms with Gasteiger partial charge in [0, 0.05) is 29.4 Å². The molecule has 5 nitrogen and oxygen atoms in total. The second kappa shape index (κ2) is 8.01. The van der Waals surface area contributed by atoms with Crippen LogP contribution in [0.15, 0.2) is 42.5 Å². The predicted octanol–water partition coefficient (Wildman–Crippen LogP) is 4.77. The van der Waals surface area contributed by atoms with Crippen LogP contribution >= 0.6 is 11.6 Å². The van der Waals surface area contributed by atoms with Crippen LogP contribution < -0.4 is 10.2 Å². The van der Waals surface area contributed by atoms with E-state index in [4.69, 9.17) is 11.6 Å². The molecule has 0 saturated carbocycles. The molecule has 0 spiro atoms. The first-order valence-electron chi connectivity index (χ1n) is 9.02. The van der Waals surface area contributed by atoms with Gasteiger partial charge in [0.05, 0.1) is 11.3 Å². The maximum Gasteiger partial charge on any atom is 0.337 e. The highest BCUT2D eigenvalue weighted by Gasteiger charge is 2.25. The van der Waals surface area contributed by atoms with E-state index in [0.29, 0.717) is 33.8 Å². The number of rotatable bonds is 4. The summed E-state index contributed by atoms with van der Waals surface area (Å²) in [6.45, 7) is 6.04. The van der Waals surface area contributed by atoms with Gasteiger partial charge in [-0.25, -0.2) is 4.79 Å². The normalized spacial score (nSPS) is 19.6. The molecule has 1 amide bonds. The highest BCUT2D eigenvalue weighted by Crippen LogP contribution is 2.30. The molecule has 2 aromatic carbocycles. The first kappa shape index (κ1) is 19.2. The highest BCUT2D eigenvalue weighted by atomic mass is 35.5. The molecule has 2 atom stereocenters. The standard InChI is InChI=1S/C21H23ClN2O3/c1-13-9-14(2)12-24(11-13)19-8-7-17(10-18(19)21(26)27)23-20(25)15-3-5-16(22)6-4-15/h3-8,10,13-14H,9,11-12H2,1-2H3,(H,23,25)(H,26,27)/t13-,14-/m1/s1. The Labute approximate surface area is 163 Å². The van der Waals surface area contributed by atoms with Crippen LogP contribution in [0.2, 0.25) is 5.02 Å². The Kier molecular flexibility index (Phi) is 5.71. The second-order valence-corrected chi connectivity index (χ2v) is 7.79. The third kappa shape index (κ3) is 4.61. The molecule has 0 unspecified atom stereocenters. The van der Waals surface area contributed by atoms with E-state index in [-0.39, 0.29) is 11.5 Å². The van der Waals surface area contributed by atoms with Crippen molar-refractivity contribution in [2.75, 3.05) is 23.3 Å². The van der Waals surface area contributed by atoms with E-state index in [0.717, 1.165) is 19.5 Å². The lowest BCUT2D eigenvalue weighted by atomic mass is 9.91. The van der Waals surface area contributed by atoms with Gasteiger partial charge in [0.25, 0.3) is 5.91 Å². The quantitative estimate of drug-likeness (QED) is 0.793. The van der Waals surface area contributed by atoms with Crippen molar-refractivity contribution < 1.29 is 14.7 Å². The smallest absolute Gasteiger partial charge is 0.337 e. The molecule has 0 aliphatic carbocycles. The van der Waals surface area contributed by atoms with Gasteiger partial charge in [0.15, 0.2) is 0 Å². The number of carboxylic acid groups (broad SMARTS) is 1. The minimum absolute atomic E-state index is 0.199. The van der Waals surface area contributed by atoms with Crippen molar-refractivity contribution in [3.05, 3.63) is 58.6 Å². The van der Waals surface area contributed by atoms with Crippen molar-refractivity contribution in [2.24, 2.45) is 11.8 Å². The zero-order chi connectivity index (χ0) is 19.6. The monoisotopic (exact) mass is 386 g/mol. The summed E-state index contributed by atoms with van der Waals surface area (Å²) in [6, 6.07) is 11.6. The van der Waals surface area contributed by atoms with Gasteiger partial charge in [-0.1, -0.05) is 25.4 Å². The maximum atomic E-state index is 12.4. The van der Waals surface area contributed by atoms with Gasteiger partial charge < -0.3 is 15.3 Å². The summed E-state index contributed by atoms with van der Waals surface area (Å²) in [4.78, 5) is 26.3. The molecular formula is C21H23ClN2O3. The lowest BCUT2D eigenvalue weighted by Crippen LogP contribution is -2.39. The van der Waals surface area contributed by atoms with Gasteiger partial charge in [-0.15, -0.1) is 0 Å². The second-order valence-electron chi connectivity index (χ2n) is 7.35. The highest BCUT2D eigenvalue weighted by molar-refractivity contribution is 6.30. The molecule has 3 rings (SSSR count). The minimum Gasteiger partial charge on any atom is -0.478 e. The third-order valence-corrected chi connectivity index (χ3v) is 5.05. The molecule has 1 saturated heterocycles. The Morgan fingerprint density at radius 2 is 1.70 bits per heavy atom. The number of piperidine rings is 1. The van der Waals surface area contributed by atoms with Gasteiger partial charge in [-0.05, 0) is 60.7 Å². The summed E-state index contributed by atoms with van der Waals surface area (Å²) in [6.07, 6.45) is 1.15. The number of halogens is 1. The van der Waals surface area contributed by atoms with E-state index in [1.165, 1.54) is 6.07 Å². The van der Waals surface area contributed by atoms with E-state index in [1.54, 1.807) is 36.4 Å². The van der Waals surface area contributed by atoms with Crippen LogP contribution in [-0.2, 0) is 0 Å². The van der Waals surface area contributed by atoms with Crippen molar-refractivity contribution in [3.8, 4) is 0 Å². The van der Waals surface area contributed by atoms with Crippen LogP contribution in [0.25, 0.3) is 0 Å². The summed E-state index contributed by atoms with van der Waals surface area (Å²) in [5.74, 6) is -0.284. The molecule has 1 aliphatic rings. The number of hydrogen-bond acceptors (Lipinski definition) is 3. The number of carboxylic acids is 1. The SMILES string of the molecule is C[C@@H]1C[C@@H](C)CN(c2ccc(NC(=O)c3ccc(Cl)cc3)cc2C(=O)O)C1. The molecule has 2 N–H and O–H groups in total. The van der Waals surface area contributed by atoms with Gasteiger partial charge in [0.1, 0.15) is 0 Å². The fourth-order valence-electron chi connectivity index (χ4n) is 3.73. The summed E-state index contributed by atoms with van der Waals surface area (Å²) in [5.41, 5.74) is 1.81. The van der Waals surface area contributed by atoms with E-state index in [1.807, 2.05) is 0 Å². The Hall–Kier alpha value is -2.53. The van der Waals surface area contributed by atoms with Crippen molar-refractivity contribution in [2.45, 2.75) is 20.3 Å². The third-order valence-electron chi connectivity index (χ3n) is 4.80. The number of amides is 1. The fraction of sp³-hybridized carbons (Fsp3) is 0.333. The number of benzene rings is 2. The molecule has 1 heterocycles. The van der Waals surface area contributed by atoms with Crippen LogP contribution in [0.3, 0.4) is 0 Å². The van der Waals surface area contributed by atoms with Crippen molar-refractivity contribution in [3.63, 3.8) is 0 Å². The number of nitrogens with one attached hydrogen (secondary N) is 1. The molecule has 0 radical (unpaired) electrons. The molecule has 6 heteroatoms. The van der Waals surface area contributed by atoms with Gasteiger partial charge >= 0.3 is 5.97 Å². The number of carbonyl (C=O) groups is 2. The van der Waals surface area contributed by atoms with E-state index in [9.17, 15) is 14.7 Å². The molecule has 0 bridgehead atoms. The average molecular weight is 387 g/mol. The summed E-state index contributed by atoms with van der Waals surface area (Å²) in [5, 5.41) is 13.0. The van der Waals surface area contributed by atoms with E-state index < -0.39 is 5.97 Å². The summed E-state index contributed by atoms with van der Waals surface area (Å²) in [7, 11) is 0. The number of aromatic carboxylic acids is 1. The van der Waals surface area contributed by atoms with Crippen LogP contribution in [0.1, 0.15) is 41.0 Å². The lowest BCUT2D eigenvalue weighted by molar-refractivity contribution is 0.0697. The maximum absolute atomic E-state index is 12.4. The first-order valence-corrected chi connectivity index (χ1v) is 9.40. The first-order chi connectivity index (χ1) is 12.8. The zero-order valence-electron chi connectivity index (χ0n) is 15.4. The molecule has 142 valence electrons. The number of anilines is 2. The van der Waals surface area contributed by atoms with E-state index in [2.05, 4.69) is 24.1 Å². The van der Waals surface area contributed by atoms with E-state index >= 15 is 0 Å². The largest absolute Gasteiger partial charge is 0.478 e. The molecule has 1 aliphatic heterocycles. The lowest BCUT2D eigenvalue weighted by Gasteiger charge is -2.37. The Bertz CT molecular complexity index is 841. The van der Waals surface area contributed by atoms with Crippen LogP contribution in [0.4, 0.5) is 11.4 Å². The van der Waals surface area contributed by atoms with Crippen LogP contribution in [-0.4, -0.2) is 30.1 Å². The van der Waals surface area contributed by atoms with Gasteiger partial charge in [-0.3, -0.25) is 4.79 Å². The minimum atomic E-state index is -1.00. The fourth-order valence-corrected chi connectivity index (χ4v) is 3.85. The molecule has 1 fully saturated rings. The average Bonchev–Trinajstić information content (AvgIpc) is 2.61. The van der Waals surface area contributed by atoms with Crippen LogP contribution in [0.5, 0.6) is 0 Å². The Morgan fingerprint density at radius 3 is 2.30 bits per heavy atom. The predicted molar refractivity (Wildman–Crippen MR) is 108 cm³/mol. The summed E-state index contributed by atoms with van der Waals surface area (Å²) < 4.78 is 0. The molecule has 27 heavy (non-hydrogen) atoms. The number of carbonyl (C=O) groups excluding carboxylic acids is 1. The van der Waals surface area contributed by atoms with Crippen molar-refractivity contribution in [1.82, 2.24) is 0 Å². The topological polar surface area (TPSA) is 69.6 Å². The number of nitrogens with zero attached hydrogens (tertiary/aromatic N) is 1.